The zero-order valence-electron chi connectivity index (χ0n) is 9.74. The van der Waals surface area contributed by atoms with Crippen LogP contribution in [-0.4, -0.2) is 33.1 Å². The number of halogens is 3. The minimum Gasteiger partial charge on any atom is -0.301 e. The molecule has 0 amide bonds. The summed E-state index contributed by atoms with van der Waals surface area (Å²) in [6.07, 6.45) is -3.37. The van der Waals surface area contributed by atoms with Crippen molar-refractivity contribution < 1.29 is 21.6 Å². The van der Waals surface area contributed by atoms with Gasteiger partial charge in [-0.25, -0.2) is 8.42 Å². The molecule has 102 valence electrons. The largest absolute Gasteiger partial charge is 0.401 e. The number of benzene rings is 1. The summed E-state index contributed by atoms with van der Waals surface area (Å²) in [5.41, 5.74) is 0.521. The Kier molecular flexibility index (Phi) is 4.75. The van der Waals surface area contributed by atoms with Crippen LogP contribution in [0, 0.1) is 0 Å². The van der Waals surface area contributed by atoms with Gasteiger partial charge in [0.2, 0.25) is 0 Å². The maximum atomic E-state index is 12.2. The summed E-state index contributed by atoms with van der Waals surface area (Å²) >= 11 is 0. The van der Waals surface area contributed by atoms with Crippen molar-refractivity contribution >= 4 is 9.84 Å². The molecule has 0 radical (unpaired) electrons. The SMILES string of the molecule is CS(=O)(=O)C[C@@H](NCC(F)(F)F)c1ccccc1. The average Bonchev–Trinajstić information content (AvgIpc) is 2.23. The lowest BCUT2D eigenvalue weighted by molar-refractivity contribution is -0.126. The molecule has 0 aliphatic rings. The number of alkyl halides is 3. The molecule has 1 aromatic carbocycles. The number of sulfone groups is 1. The van der Waals surface area contributed by atoms with Crippen molar-refractivity contribution in [2.75, 3.05) is 18.6 Å². The number of hydrogen-bond donors (Lipinski definition) is 1. The van der Waals surface area contributed by atoms with Gasteiger partial charge in [-0.3, -0.25) is 0 Å². The van der Waals surface area contributed by atoms with Crippen LogP contribution in [0.1, 0.15) is 11.6 Å². The fourth-order valence-electron chi connectivity index (χ4n) is 1.50. The van der Waals surface area contributed by atoms with Crippen LogP contribution < -0.4 is 5.32 Å². The topological polar surface area (TPSA) is 46.2 Å². The Bertz CT molecular complexity index is 471. The third-order valence-corrected chi connectivity index (χ3v) is 3.16. The molecule has 0 heterocycles. The van der Waals surface area contributed by atoms with Crippen molar-refractivity contribution in [3.05, 3.63) is 35.9 Å². The molecule has 1 aromatic rings. The lowest BCUT2D eigenvalue weighted by Crippen LogP contribution is -2.35. The van der Waals surface area contributed by atoms with Crippen LogP contribution >= 0.6 is 0 Å². The van der Waals surface area contributed by atoms with Gasteiger partial charge >= 0.3 is 6.18 Å². The predicted molar refractivity (Wildman–Crippen MR) is 63.0 cm³/mol. The molecule has 18 heavy (non-hydrogen) atoms. The standard InChI is InChI=1S/C11H14F3NO2S/c1-18(16,17)7-10(15-8-11(12,13)14)9-5-3-2-4-6-9/h2-6,10,15H,7-8H2,1H3/t10-/m1/s1. The number of rotatable bonds is 5. The zero-order chi connectivity index (χ0) is 13.8. The first-order chi connectivity index (χ1) is 8.17. The third kappa shape index (κ3) is 6.02. The highest BCUT2D eigenvalue weighted by atomic mass is 32.2. The minimum absolute atomic E-state index is 0.368. The Morgan fingerprint density at radius 2 is 1.78 bits per heavy atom. The molecule has 0 saturated heterocycles. The maximum absolute atomic E-state index is 12.2. The number of nitrogens with one attached hydrogen (secondary N) is 1. The van der Waals surface area contributed by atoms with E-state index in [1.165, 1.54) is 0 Å². The van der Waals surface area contributed by atoms with E-state index in [-0.39, 0.29) is 5.75 Å². The molecular formula is C11H14F3NO2S. The van der Waals surface area contributed by atoms with E-state index < -0.39 is 28.6 Å². The van der Waals surface area contributed by atoms with Crippen molar-refractivity contribution in [1.82, 2.24) is 5.32 Å². The van der Waals surface area contributed by atoms with E-state index in [1.54, 1.807) is 30.3 Å². The predicted octanol–water partition coefficient (Wildman–Crippen LogP) is 1.92. The Balaban J connectivity index is 2.83. The molecule has 0 spiro atoms. The van der Waals surface area contributed by atoms with Crippen molar-refractivity contribution in [2.45, 2.75) is 12.2 Å². The summed E-state index contributed by atoms with van der Waals surface area (Å²) in [5, 5.41) is 2.23. The molecule has 1 atom stereocenters. The van der Waals surface area contributed by atoms with E-state index in [1.807, 2.05) is 0 Å². The molecule has 0 aliphatic heterocycles. The van der Waals surface area contributed by atoms with Gasteiger partial charge in [-0.2, -0.15) is 13.2 Å². The summed E-state index contributed by atoms with van der Waals surface area (Å²) in [7, 11) is -3.37. The lowest BCUT2D eigenvalue weighted by Gasteiger charge is -2.19. The quantitative estimate of drug-likeness (QED) is 0.897. The molecule has 0 aromatic heterocycles. The Labute approximate surface area is 104 Å². The second kappa shape index (κ2) is 5.71. The molecule has 0 bridgehead atoms. The molecule has 1 N–H and O–H groups in total. The van der Waals surface area contributed by atoms with Crippen LogP contribution in [0.2, 0.25) is 0 Å². The summed E-state index contributed by atoms with van der Waals surface area (Å²) in [6.45, 7) is -1.22. The first kappa shape index (κ1) is 15.0. The van der Waals surface area contributed by atoms with Crippen LogP contribution in [0.5, 0.6) is 0 Å². The lowest BCUT2D eigenvalue weighted by atomic mass is 10.1. The average molecular weight is 281 g/mol. The van der Waals surface area contributed by atoms with Gasteiger partial charge < -0.3 is 5.32 Å². The second-order valence-corrected chi connectivity index (χ2v) is 6.24. The Morgan fingerprint density at radius 3 is 2.22 bits per heavy atom. The molecule has 0 aliphatic carbocycles. The van der Waals surface area contributed by atoms with Crippen molar-refractivity contribution in [2.24, 2.45) is 0 Å². The second-order valence-electron chi connectivity index (χ2n) is 4.05. The summed E-state index contributed by atoms with van der Waals surface area (Å²) < 4.78 is 58.9. The molecule has 3 nitrogen and oxygen atoms in total. The highest BCUT2D eigenvalue weighted by molar-refractivity contribution is 7.90. The summed E-state index contributed by atoms with van der Waals surface area (Å²) in [4.78, 5) is 0. The van der Waals surface area contributed by atoms with Gasteiger partial charge in [-0.1, -0.05) is 30.3 Å². The first-order valence-electron chi connectivity index (χ1n) is 5.20. The van der Waals surface area contributed by atoms with E-state index in [2.05, 4.69) is 5.32 Å². The van der Waals surface area contributed by atoms with Gasteiger partial charge in [0.15, 0.2) is 0 Å². The van der Waals surface area contributed by atoms with E-state index in [0.29, 0.717) is 5.56 Å². The van der Waals surface area contributed by atoms with Crippen LogP contribution in [0.3, 0.4) is 0 Å². The van der Waals surface area contributed by atoms with Gasteiger partial charge in [0.05, 0.1) is 12.3 Å². The first-order valence-corrected chi connectivity index (χ1v) is 7.26. The fraction of sp³-hybridized carbons (Fsp3) is 0.455. The van der Waals surface area contributed by atoms with E-state index in [0.717, 1.165) is 6.26 Å². The summed E-state index contributed by atoms with van der Waals surface area (Å²) in [6, 6.07) is 7.35. The van der Waals surface area contributed by atoms with Crippen LogP contribution in [0.15, 0.2) is 30.3 Å². The van der Waals surface area contributed by atoms with Crippen molar-refractivity contribution in [3.8, 4) is 0 Å². The van der Waals surface area contributed by atoms with Crippen LogP contribution in [0.25, 0.3) is 0 Å². The van der Waals surface area contributed by atoms with E-state index in [4.69, 9.17) is 0 Å². The van der Waals surface area contributed by atoms with Gasteiger partial charge in [0.1, 0.15) is 9.84 Å². The van der Waals surface area contributed by atoms with Crippen LogP contribution in [0.4, 0.5) is 13.2 Å². The van der Waals surface area contributed by atoms with E-state index >= 15 is 0 Å². The Hall–Kier alpha value is -1.08. The van der Waals surface area contributed by atoms with Gasteiger partial charge in [0, 0.05) is 12.3 Å². The molecule has 7 heteroatoms. The zero-order valence-corrected chi connectivity index (χ0v) is 10.6. The molecule has 0 fully saturated rings. The van der Waals surface area contributed by atoms with Crippen molar-refractivity contribution in [3.63, 3.8) is 0 Å². The van der Waals surface area contributed by atoms with Crippen LogP contribution in [-0.2, 0) is 9.84 Å². The van der Waals surface area contributed by atoms with Gasteiger partial charge in [0.25, 0.3) is 0 Å². The molecule has 0 saturated carbocycles. The number of hydrogen-bond acceptors (Lipinski definition) is 3. The molecule has 1 rings (SSSR count). The highest BCUT2D eigenvalue weighted by Gasteiger charge is 2.29. The Morgan fingerprint density at radius 1 is 1.22 bits per heavy atom. The smallest absolute Gasteiger partial charge is 0.301 e. The molecular weight excluding hydrogens is 267 g/mol. The molecule has 0 unspecified atom stereocenters. The minimum atomic E-state index is -4.37. The fourth-order valence-corrected chi connectivity index (χ4v) is 2.42. The highest BCUT2D eigenvalue weighted by Crippen LogP contribution is 2.18. The third-order valence-electron chi connectivity index (χ3n) is 2.22. The van der Waals surface area contributed by atoms with Gasteiger partial charge in [-0.15, -0.1) is 0 Å². The van der Waals surface area contributed by atoms with Crippen molar-refractivity contribution in [1.29, 1.82) is 0 Å². The van der Waals surface area contributed by atoms with E-state index in [9.17, 15) is 21.6 Å². The summed E-state index contributed by atoms with van der Waals surface area (Å²) in [5.74, 6) is -0.368. The van der Waals surface area contributed by atoms with Gasteiger partial charge in [-0.05, 0) is 5.56 Å². The maximum Gasteiger partial charge on any atom is 0.401 e. The monoisotopic (exact) mass is 281 g/mol. The normalized spacial score (nSPS) is 14.4.